The molecule has 1 unspecified atom stereocenters. The number of fused-ring (bicyclic) bond motifs is 2. The molecular weight excluding hydrogens is 336 g/mol. The number of hydrogen-bond donors (Lipinski definition) is 0. The maximum absolute atomic E-state index is 13.3. The second-order valence-corrected chi connectivity index (χ2v) is 7.34. The van der Waals surface area contributed by atoms with Crippen LogP contribution in [0.4, 0.5) is 11.4 Å². The number of carbonyl (C=O) groups is 3. The average Bonchev–Trinajstić information content (AvgIpc) is 3.06. The molecule has 2 aliphatic heterocycles. The standard InChI is InChI=1S/C19H16N2O3S/c1-12-7-9-14(10-8-12)21-17(23)11-25-19(21)15-5-3-4-6-16(15)20(13(2)22)18(19)24/h3-10H,11H2,1-2H3. The third kappa shape index (κ3) is 2.07. The Morgan fingerprint density at radius 2 is 1.76 bits per heavy atom. The van der Waals surface area contributed by atoms with Crippen molar-refractivity contribution in [1.29, 1.82) is 0 Å². The molecule has 0 N–H and O–H groups in total. The van der Waals surface area contributed by atoms with E-state index in [0.717, 1.165) is 5.56 Å². The van der Waals surface area contributed by atoms with Gasteiger partial charge in [0.1, 0.15) is 0 Å². The quantitative estimate of drug-likeness (QED) is 0.792. The van der Waals surface area contributed by atoms with Crippen LogP contribution in [0.1, 0.15) is 18.1 Å². The predicted molar refractivity (Wildman–Crippen MR) is 97.4 cm³/mol. The van der Waals surface area contributed by atoms with Crippen molar-refractivity contribution in [2.24, 2.45) is 0 Å². The Kier molecular flexibility index (Phi) is 3.47. The molecule has 126 valence electrons. The molecule has 5 nitrogen and oxygen atoms in total. The Balaban J connectivity index is 1.95. The van der Waals surface area contributed by atoms with Crippen LogP contribution in [0, 0.1) is 6.92 Å². The van der Waals surface area contributed by atoms with Crippen molar-refractivity contribution < 1.29 is 14.4 Å². The van der Waals surface area contributed by atoms with E-state index in [-0.39, 0.29) is 23.5 Å². The van der Waals surface area contributed by atoms with E-state index < -0.39 is 4.87 Å². The lowest BCUT2D eigenvalue weighted by Crippen LogP contribution is -2.50. The highest BCUT2D eigenvalue weighted by atomic mass is 32.2. The summed E-state index contributed by atoms with van der Waals surface area (Å²) in [5, 5.41) is 0. The number of para-hydroxylation sites is 1. The van der Waals surface area contributed by atoms with Crippen molar-refractivity contribution in [3.05, 3.63) is 59.7 Å². The number of aryl methyl sites for hydroxylation is 1. The largest absolute Gasteiger partial charge is 0.283 e. The van der Waals surface area contributed by atoms with Gasteiger partial charge in [0.15, 0.2) is 0 Å². The lowest BCUT2D eigenvalue weighted by Gasteiger charge is -2.33. The number of benzene rings is 2. The lowest BCUT2D eigenvalue weighted by atomic mass is 10.0. The molecule has 2 aromatic rings. The summed E-state index contributed by atoms with van der Waals surface area (Å²) in [7, 11) is 0. The molecule has 0 bridgehead atoms. The molecule has 0 aromatic heterocycles. The first kappa shape index (κ1) is 15.9. The van der Waals surface area contributed by atoms with E-state index in [1.54, 1.807) is 17.0 Å². The number of amides is 3. The number of anilines is 2. The first-order valence-corrected chi connectivity index (χ1v) is 8.93. The highest BCUT2D eigenvalue weighted by Crippen LogP contribution is 2.55. The summed E-state index contributed by atoms with van der Waals surface area (Å²) in [4.78, 5) is 39.6. The number of nitrogens with zero attached hydrogens (tertiary/aromatic N) is 2. The van der Waals surface area contributed by atoms with Crippen molar-refractivity contribution in [3.63, 3.8) is 0 Å². The summed E-state index contributed by atoms with van der Waals surface area (Å²) >= 11 is 1.27. The van der Waals surface area contributed by atoms with E-state index >= 15 is 0 Å². The monoisotopic (exact) mass is 352 g/mol. The van der Waals surface area contributed by atoms with Crippen molar-refractivity contribution in [2.75, 3.05) is 15.6 Å². The summed E-state index contributed by atoms with van der Waals surface area (Å²) in [5.74, 6) is -0.669. The van der Waals surface area contributed by atoms with Crippen molar-refractivity contribution >= 4 is 40.9 Å². The summed E-state index contributed by atoms with van der Waals surface area (Å²) in [6.45, 7) is 3.33. The minimum Gasteiger partial charge on any atom is -0.283 e. The van der Waals surface area contributed by atoms with E-state index in [1.165, 1.54) is 23.6 Å². The van der Waals surface area contributed by atoms with Crippen LogP contribution in [0.5, 0.6) is 0 Å². The number of carbonyl (C=O) groups excluding carboxylic acids is 3. The maximum atomic E-state index is 13.3. The Labute approximate surface area is 149 Å². The Morgan fingerprint density at radius 1 is 1.08 bits per heavy atom. The van der Waals surface area contributed by atoms with Crippen molar-refractivity contribution in [1.82, 2.24) is 0 Å². The molecule has 0 radical (unpaired) electrons. The number of rotatable bonds is 1. The minimum atomic E-state index is -1.21. The lowest BCUT2D eigenvalue weighted by molar-refractivity contribution is -0.128. The third-order valence-corrected chi connectivity index (χ3v) is 5.97. The summed E-state index contributed by atoms with van der Waals surface area (Å²) in [5.41, 5.74) is 2.97. The molecule has 0 saturated carbocycles. The van der Waals surface area contributed by atoms with Crippen LogP contribution in [0.15, 0.2) is 48.5 Å². The summed E-state index contributed by atoms with van der Waals surface area (Å²) in [6, 6.07) is 14.7. The zero-order valence-electron chi connectivity index (χ0n) is 13.9. The van der Waals surface area contributed by atoms with Crippen LogP contribution in [0.3, 0.4) is 0 Å². The van der Waals surface area contributed by atoms with Gasteiger partial charge < -0.3 is 0 Å². The maximum Gasteiger partial charge on any atom is 0.275 e. The van der Waals surface area contributed by atoms with Crippen molar-refractivity contribution in [2.45, 2.75) is 18.7 Å². The van der Waals surface area contributed by atoms with Gasteiger partial charge in [0.25, 0.3) is 5.91 Å². The summed E-state index contributed by atoms with van der Waals surface area (Å²) in [6.07, 6.45) is 0. The minimum absolute atomic E-state index is 0.137. The third-order valence-electron chi connectivity index (χ3n) is 4.58. The number of hydrogen-bond acceptors (Lipinski definition) is 4. The topological polar surface area (TPSA) is 57.7 Å². The van der Waals surface area contributed by atoms with E-state index in [0.29, 0.717) is 16.9 Å². The van der Waals surface area contributed by atoms with Gasteiger partial charge in [-0.3, -0.25) is 19.3 Å². The molecule has 4 rings (SSSR count). The predicted octanol–water partition coefficient (Wildman–Crippen LogP) is 2.82. The Hall–Kier alpha value is -2.60. The van der Waals surface area contributed by atoms with E-state index in [4.69, 9.17) is 0 Å². The molecule has 2 aromatic carbocycles. The van der Waals surface area contributed by atoms with Crippen LogP contribution in [0.25, 0.3) is 0 Å². The fourth-order valence-electron chi connectivity index (χ4n) is 3.49. The molecule has 1 spiro atoms. The van der Waals surface area contributed by atoms with Crippen LogP contribution in [0.2, 0.25) is 0 Å². The molecule has 2 heterocycles. The second-order valence-electron chi connectivity index (χ2n) is 6.17. The number of imide groups is 1. The molecule has 0 aliphatic carbocycles. The second kappa shape index (κ2) is 5.46. The molecular formula is C19H16N2O3S. The van der Waals surface area contributed by atoms with Gasteiger partial charge in [-0.25, -0.2) is 4.90 Å². The first-order chi connectivity index (χ1) is 12.0. The van der Waals surface area contributed by atoms with Crippen molar-refractivity contribution in [3.8, 4) is 0 Å². The van der Waals surface area contributed by atoms with E-state index in [2.05, 4.69) is 0 Å². The fourth-order valence-corrected chi connectivity index (χ4v) is 4.83. The van der Waals surface area contributed by atoms with E-state index in [9.17, 15) is 14.4 Å². The zero-order chi connectivity index (χ0) is 17.8. The average molecular weight is 352 g/mol. The van der Waals surface area contributed by atoms with Gasteiger partial charge in [0, 0.05) is 18.2 Å². The summed E-state index contributed by atoms with van der Waals surface area (Å²) < 4.78 is 0. The highest BCUT2D eigenvalue weighted by molar-refractivity contribution is 8.02. The first-order valence-electron chi connectivity index (χ1n) is 7.95. The smallest absolute Gasteiger partial charge is 0.275 e. The Morgan fingerprint density at radius 3 is 2.44 bits per heavy atom. The van der Waals surface area contributed by atoms with Crippen LogP contribution in [-0.2, 0) is 19.3 Å². The van der Waals surface area contributed by atoms with Gasteiger partial charge in [0.05, 0.1) is 11.4 Å². The molecule has 3 amide bonds. The van der Waals surface area contributed by atoms with Gasteiger partial charge in [-0.05, 0) is 25.1 Å². The molecule has 1 saturated heterocycles. The Bertz CT molecular complexity index is 909. The van der Waals surface area contributed by atoms with Gasteiger partial charge in [-0.1, -0.05) is 35.9 Å². The normalized spacial score (nSPS) is 22.0. The molecule has 25 heavy (non-hydrogen) atoms. The molecule has 1 fully saturated rings. The number of thioether (sulfide) groups is 1. The van der Waals surface area contributed by atoms with Crippen LogP contribution in [-0.4, -0.2) is 23.5 Å². The molecule has 1 atom stereocenters. The van der Waals surface area contributed by atoms with Gasteiger partial charge in [0.2, 0.25) is 16.7 Å². The highest BCUT2D eigenvalue weighted by Gasteiger charge is 2.61. The van der Waals surface area contributed by atoms with Crippen LogP contribution < -0.4 is 9.80 Å². The van der Waals surface area contributed by atoms with E-state index in [1.807, 2.05) is 43.3 Å². The SMILES string of the molecule is CC(=O)N1C(=O)C2(SCC(=O)N2c2ccc(C)cc2)c2ccccc21. The fraction of sp³-hybridized carbons (Fsp3) is 0.211. The molecule has 2 aliphatic rings. The van der Waals surface area contributed by atoms with Gasteiger partial charge >= 0.3 is 0 Å². The van der Waals surface area contributed by atoms with Gasteiger partial charge in [-0.2, -0.15) is 0 Å². The zero-order valence-corrected chi connectivity index (χ0v) is 14.7. The molecule has 6 heteroatoms. The van der Waals surface area contributed by atoms with Crippen LogP contribution >= 0.6 is 11.8 Å². The van der Waals surface area contributed by atoms with Gasteiger partial charge in [-0.15, -0.1) is 11.8 Å².